The van der Waals surface area contributed by atoms with Crippen molar-refractivity contribution in [3.8, 4) is 5.75 Å². The number of phenolic OH excluding ortho intramolecular Hbond substituents is 1. The van der Waals surface area contributed by atoms with E-state index in [1.165, 1.54) is 11.1 Å². The number of aromatic hydroxyl groups is 1. The lowest BCUT2D eigenvalue weighted by molar-refractivity contribution is 0.445. The molecule has 0 radical (unpaired) electrons. The zero-order valence-corrected chi connectivity index (χ0v) is 8.04. The van der Waals surface area contributed by atoms with Crippen molar-refractivity contribution in [2.24, 2.45) is 5.73 Å². The van der Waals surface area contributed by atoms with Crippen molar-refractivity contribution in [3.05, 3.63) is 29.3 Å². The molecule has 0 saturated heterocycles. The second-order valence-corrected chi connectivity index (χ2v) is 4.37. The van der Waals surface area contributed by atoms with Crippen LogP contribution in [0.15, 0.2) is 18.2 Å². The van der Waals surface area contributed by atoms with Gasteiger partial charge in [-0.25, -0.2) is 0 Å². The van der Waals surface area contributed by atoms with Gasteiger partial charge in [0.05, 0.1) is 0 Å². The number of hydrogen-bond acceptors (Lipinski definition) is 2. The summed E-state index contributed by atoms with van der Waals surface area (Å²) >= 11 is 0. The van der Waals surface area contributed by atoms with Crippen molar-refractivity contribution in [2.45, 2.75) is 31.7 Å². The topological polar surface area (TPSA) is 46.2 Å². The lowest BCUT2D eigenvalue weighted by atomic mass is 9.83. The maximum atomic E-state index is 9.31. The van der Waals surface area contributed by atoms with Gasteiger partial charge in [-0.1, -0.05) is 19.9 Å². The lowest BCUT2D eigenvalue weighted by Gasteiger charge is -2.24. The van der Waals surface area contributed by atoms with E-state index in [9.17, 15) is 5.11 Å². The van der Waals surface area contributed by atoms with Crippen molar-refractivity contribution in [2.75, 3.05) is 0 Å². The fraction of sp³-hybridized carbons (Fsp3) is 0.455. The zero-order valence-electron chi connectivity index (χ0n) is 8.04. The van der Waals surface area contributed by atoms with Gasteiger partial charge < -0.3 is 10.8 Å². The maximum absolute atomic E-state index is 9.31. The molecule has 0 saturated carbocycles. The zero-order chi connectivity index (χ0) is 9.64. The molecule has 1 aromatic carbocycles. The van der Waals surface area contributed by atoms with Crippen LogP contribution in [0.3, 0.4) is 0 Å². The Morgan fingerprint density at radius 3 is 2.85 bits per heavy atom. The highest BCUT2D eigenvalue weighted by atomic mass is 16.3. The van der Waals surface area contributed by atoms with E-state index < -0.39 is 0 Å². The van der Waals surface area contributed by atoms with Crippen molar-refractivity contribution < 1.29 is 5.11 Å². The van der Waals surface area contributed by atoms with Crippen LogP contribution >= 0.6 is 0 Å². The molecule has 1 aliphatic rings. The van der Waals surface area contributed by atoms with Crippen LogP contribution in [0.5, 0.6) is 5.75 Å². The molecular weight excluding hydrogens is 162 g/mol. The van der Waals surface area contributed by atoms with Gasteiger partial charge in [-0.05, 0) is 29.7 Å². The molecule has 1 unspecified atom stereocenters. The van der Waals surface area contributed by atoms with Gasteiger partial charge in [-0.15, -0.1) is 0 Å². The predicted molar refractivity (Wildman–Crippen MR) is 52.8 cm³/mol. The summed E-state index contributed by atoms with van der Waals surface area (Å²) in [6.07, 6.45) is 0.872. The number of hydrogen-bond donors (Lipinski definition) is 2. The third-order valence-corrected chi connectivity index (χ3v) is 3.15. The van der Waals surface area contributed by atoms with Crippen LogP contribution in [0.2, 0.25) is 0 Å². The van der Waals surface area contributed by atoms with Gasteiger partial charge in [0.25, 0.3) is 0 Å². The van der Waals surface area contributed by atoms with Crippen LogP contribution in [0.25, 0.3) is 0 Å². The fourth-order valence-electron chi connectivity index (χ4n) is 2.07. The first-order valence-electron chi connectivity index (χ1n) is 4.60. The molecule has 0 aliphatic heterocycles. The van der Waals surface area contributed by atoms with Crippen LogP contribution < -0.4 is 5.73 Å². The summed E-state index contributed by atoms with van der Waals surface area (Å²) in [5.41, 5.74) is 8.54. The van der Waals surface area contributed by atoms with E-state index >= 15 is 0 Å². The Balaban J connectivity index is 2.55. The monoisotopic (exact) mass is 177 g/mol. The van der Waals surface area contributed by atoms with Crippen LogP contribution in [-0.4, -0.2) is 11.1 Å². The van der Waals surface area contributed by atoms with Gasteiger partial charge in [0.1, 0.15) is 5.75 Å². The SMILES string of the molecule is CC1(C)c2ccc(O)cc2CC1N. The van der Waals surface area contributed by atoms with E-state index in [1.54, 1.807) is 6.07 Å². The van der Waals surface area contributed by atoms with Gasteiger partial charge in [0.15, 0.2) is 0 Å². The van der Waals surface area contributed by atoms with E-state index in [4.69, 9.17) is 5.73 Å². The first kappa shape index (κ1) is 8.57. The molecule has 0 spiro atoms. The number of nitrogens with two attached hydrogens (primary N) is 1. The average molecular weight is 177 g/mol. The third-order valence-electron chi connectivity index (χ3n) is 3.15. The summed E-state index contributed by atoms with van der Waals surface area (Å²) in [4.78, 5) is 0. The molecule has 1 aliphatic carbocycles. The fourth-order valence-corrected chi connectivity index (χ4v) is 2.07. The van der Waals surface area contributed by atoms with Gasteiger partial charge in [0, 0.05) is 11.5 Å². The summed E-state index contributed by atoms with van der Waals surface area (Å²) in [7, 11) is 0. The Morgan fingerprint density at radius 1 is 1.46 bits per heavy atom. The number of fused-ring (bicyclic) bond motifs is 1. The summed E-state index contributed by atoms with van der Waals surface area (Å²) in [6, 6.07) is 5.71. The van der Waals surface area contributed by atoms with E-state index in [0.717, 1.165) is 6.42 Å². The number of phenols is 1. The Hall–Kier alpha value is -1.02. The molecule has 0 fully saturated rings. The molecule has 3 N–H and O–H groups in total. The minimum atomic E-state index is 0.0447. The Bertz CT molecular complexity index is 344. The Morgan fingerprint density at radius 2 is 2.15 bits per heavy atom. The van der Waals surface area contributed by atoms with E-state index in [0.29, 0.717) is 5.75 Å². The van der Waals surface area contributed by atoms with Crippen LogP contribution in [0, 0.1) is 0 Å². The summed E-state index contributed by atoms with van der Waals surface area (Å²) in [5.74, 6) is 0.337. The molecule has 0 aromatic heterocycles. The Labute approximate surface area is 78.4 Å². The standard InChI is InChI=1S/C11H15NO/c1-11(2)9-4-3-8(13)5-7(9)6-10(11)12/h3-5,10,13H,6,12H2,1-2H3. The first-order valence-corrected chi connectivity index (χ1v) is 4.60. The predicted octanol–water partition coefficient (Wildman–Crippen LogP) is 1.55. The van der Waals surface area contributed by atoms with Crippen molar-refractivity contribution in [3.63, 3.8) is 0 Å². The normalized spacial score (nSPS) is 24.4. The second-order valence-electron chi connectivity index (χ2n) is 4.37. The number of benzene rings is 1. The highest BCUT2D eigenvalue weighted by Gasteiger charge is 2.36. The molecule has 1 atom stereocenters. The summed E-state index contributed by atoms with van der Waals surface area (Å²) in [5, 5.41) is 9.31. The van der Waals surface area contributed by atoms with Crippen LogP contribution in [0.1, 0.15) is 25.0 Å². The van der Waals surface area contributed by atoms with E-state index in [1.807, 2.05) is 12.1 Å². The molecular formula is C11H15NO. The highest BCUT2D eigenvalue weighted by molar-refractivity contribution is 5.44. The minimum Gasteiger partial charge on any atom is -0.508 e. The van der Waals surface area contributed by atoms with Gasteiger partial charge in [-0.3, -0.25) is 0 Å². The minimum absolute atomic E-state index is 0.0447. The molecule has 1 aromatic rings. The lowest BCUT2D eigenvalue weighted by Crippen LogP contribution is -2.36. The van der Waals surface area contributed by atoms with Gasteiger partial charge >= 0.3 is 0 Å². The molecule has 0 amide bonds. The molecule has 0 heterocycles. The molecule has 2 heteroatoms. The molecule has 0 bridgehead atoms. The largest absolute Gasteiger partial charge is 0.508 e. The average Bonchev–Trinajstić information content (AvgIpc) is 2.23. The second kappa shape index (κ2) is 2.48. The van der Waals surface area contributed by atoms with Crippen LogP contribution in [0.4, 0.5) is 0 Å². The molecule has 2 rings (SSSR count). The van der Waals surface area contributed by atoms with E-state index in [2.05, 4.69) is 13.8 Å². The first-order chi connectivity index (χ1) is 6.01. The smallest absolute Gasteiger partial charge is 0.115 e. The van der Waals surface area contributed by atoms with E-state index in [-0.39, 0.29) is 11.5 Å². The Kier molecular flexibility index (Phi) is 1.64. The quantitative estimate of drug-likeness (QED) is 0.631. The summed E-state index contributed by atoms with van der Waals surface area (Å²) < 4.78 is 0. The summed E-state index contributed by atoms with van der Waals surface area (Å²) in [6.45, 7) is 4.31. The maximum Gasteiger partial charge on any atom is 0.115 e. The van der Waals surface area contributed by atoms with Gasteiger partial charge in [-0.2, -0.15) is 0 Å². The molecule has 70 valence electrons. The van der Waals surface area contributed by atoms with Crippen molar-refractivity contribution >= 4 is 0 Å². The van der Waals surface area contributed by atoms with Gasteiger partial charge in [0.2, 0.25) is 0 Å². The van der Waals surface area contributed by atoms with Crippen molar-refractivity contribution in [1.29, 1.82) is 0 Å². The third kappa shape index (κ3) is 1.13. The van der Waals surface area contributed by atoms with Crippen LogP contribution in [-0.2, 0) is 11.8 Å². The molecule has 2 nitrogen and oxygen atoms in total. The molecule has 13 heavy (non-hydrogen) atoms. The van der Waals surface area contributed by atoms with Crippen molar-refractivity contribution in [1.82, 2.24) is 0 Å². The highest BCUT2D eigenvalue weighted by Crippen LogP contribution is 2.38. The number of rotatable bonds is 0.